The number of benzene rings is 2. The molecule has 28 heavy (non-hydrogen) atoms. The third kappa shape index (κ3) is 4.78. The first-order valence-corrected chi connectivity index (χ1v) is 10.0. The fraction of sp³-hybridized carbons (Fsp3) is 0.286. The second kappa shape index (κ2) is 9.01. The molecule has 2 aromatic rings. The Morgan fingerprint density at radius 1 is 1.25 bits per heavy atom. The van der Waals surface area contributed by atoms with Crippen LogP contribution in [0.3, 0.4) is 0 Å². The molecular weight excluding hydrogens is 377 g/mol. The summed E-state index contributed by atoms with van der Waals surface area (Å²) in [7, 11) is 0. The lowest BCUT2D eigenvalue weighted by Gasteiger charge is -2.15. The third-order valence-corrected chi connectivity index (χ3v) is 5.39. The fourth-order valence-corrected chi connectivity index (χ4v) is 4.08. The SMILES string of the molecule is CCCN1C(=O)C(CC(=O)Nc2ccccc2F)SC1=Nc1cccc(C)c1. The van der Waals surface area contributed by atoms with Crippen molar-refractivity contribution >= 4 is 40.1 Å². The highest BCUT2D eigenvalue weighted by Crippen LogP contribution is 2.32. The van der Waals surface area contributed by atoms with Crippen LogP contribution < -0.4 is 5.32 Å². The van der Waals surface area contributed by atoms with Gasteiger partial charge in [-0.1, -0.05) is 43.0 Å². The number of halogens is 1. The maximum absolute atomic E-state index is 13.7. The minimum absolute atomic E-state index is 0.0368. The molecular formula is C21H22FN3O2S. The van der Waals surface area contributed by atoms with Crippen LogP contribution in [-0.4, -0.2) is 33.7 Å². The molecule has 7 heteroatoms. The average Bonchev–Trinajstić information content (AvgIpc) is 2.93. The van der Waals surface area contributed by atoms with Crippen molar-refractivity contribution < 1.29 is 14.0 Å². The summed E-state index contributed by atoms with van der Waals surface area (Å²) >= 11 is 1.28. The molecule has 0 bridgehead atoms. The molecule has 2 amide bonds. The smallest absolute Gasteiger partial charge is 0.242 e. The van der Waals surface area contributed by atoms with Gasteiger partial charge in [0.1, 0.15) is 11.1 Å². The largest absolute Gasteiger partial charge is 0.324 e. The Balaban J connectivity index is 1.74. The topological polar surface area (TPSA) is 61.8 Å². The molecule has 0 radical (unpaired) electrons. The van der Waals surface area contributed by atoms with E-state index in [0.29, 0.717) is 11.7 Å². The second-order valence-corrected chi connectivity index (χ2v) is 7.73. The minimum atomic E-state index is -0.568. The van der Waals surface area contributed by atoms with Gasteiger partial charge < -0.3 is 5.32 Å². The van der Waals surface area contributed by atoms with Crippen LogP contribution in [0.2, 0.25) is 0 Å². The number of aryl methyl sites for hydroxylation is 1. The quantitative estimate of drug-likeness (QED) is 0.778. The zero-order chi connectivity index (χ0) is 20.1. The van der Waals surface area contributed by atoms with Gasteiger partial charge in [-0.3, -0.25) is 14.5 Å². The van der Waals surface area contributed by atoms with E-state index in [2.05, 4.69) is 10.3 Å². The minimum Gasteiger partial charge on any atom is -0.324 e. The van der Waals surface area contributed by atoms with Gasteiger partial charge in [0.2, 0.25) is 11.8 Å². The number of amides is 2. The molecule has 1 saturated heterocycles. The second-order valence-electron chi connectivity index (χ2n) is 6.56. The number of thioether (sulfide) groups is 1. The molecule has 0 aromatic heterocycles. The van der Waals surface area contributed by atoms with Gasteiger partial charge in [-0.05, 0) is 43.2 Å². The van der Waals surface area contributed by atoms with Gasteiger partial charge in [-0.25, -0.2) is 9.38 Å². The molecule has 1 N–H and O–H groups in total. The predicted octanol–water partition coefficient (Wildman–Crippen LogP) is 4.50. The molecule has 0 spiro atoms. The maximum atomic E-state index is 13.7. The van der Waals surface area contributed by atoms with Crippen molar-refractivity contribution in [3.63, 3.8) is 0 Å². The summed E-state index contributed by atoms with van der Waals surface area (Å²) in [6.07, 6.45) is 0.748. The number of hydrogen-bond donors (Lipinski definition) is 1. The predicted molar refractivity (Wildman–Crippen MR) is 111 cm³/mol. The molecule has 1 unspecified atom stereocenters. The van der Waals surface area contributed by atoms with E-state index in [9.17, 15) is 14.0 Å². The summed E-state index contributed by atoms with van der Waals surface area (Å²) < 4.78 is 13.7. The van der Waals surface area contributed by atoms with Gasteiger partial charge in [0.05, 0.1) is 11.4 Å². The molecule has 1 aliphatic heterocycles. The van der Waals surface area contributed by atoms with E-state index in [0.717, 1.165) is 17.7 Å². The number of hydrogen-bond acceptors (Lipinski definition) is 4. The molecule has 1 atom stereocenters. The van der Waals surface area contributed by atoms with Crippen LogP contribution in [0.5, 0.6) is 0 Å². The van der Waals surface area contributed by atoms with E-state index in [-0.39, 0.29) is 18.0 Å². The monoisotopic (exact) mass is 399 g/mol. The van der Waals surface area contributed by atoms with Crippen molar-refractivity contribution in [1.29, 1.82) is 0 Å². The number of carbonyl (C=O) groups is 2. The highest BCUT2D eigenvalue weighted by Gasteiger charge is 2.38. The van der Waals surface area contributed by atoms with E-state index in [1.807, 2.05) is 38.1 Å². The Bertz CT molecular complexity index is 916. The summed E-state index contributed by atoms with van der Waals surface area (Å²) in [5.74, 6) is -1.04. The summed E-state index contributed by atoms with van der Waals surface area (Å²) in [5, 5.41) is 2.57. The molecule has 2 aromatic carbocycles. The van der Waals surface area contributed by atoms with Crippen molar-refractivity contribution in [2.24, 2.45) is 4.99 Å². The number of carbonyl (C=O) groups excluding carboxylic acids is 2. The lowest BCUT2D eigenvalue weighted by Crippen LogP contribution is -2.34. The Morgan fingerprint density at radius 3 is 2.75 bits per heavy atom. The number of nitrogens with one attached hydrogen (secondary N) is 1. The van der Waals surface area contributed by atoms with Crippen LogP contribution in [0.25, 0.3) is 0 Å². The highest BCUT2D eigenvalue weighted by atomic mass is 32.2. The van der Waals surface area contributed by atoms with Gasteiger partial charge in [-0.2, -0.15) is 0 Å². The molecule has 5 nitrogen and oxygen atoms in total. The summed E-state index contributed by atoms with van der Waals surface area (Å²) in [6.45, 7) is 4.51. The summed E-state index contributed by atoms with van der Waals surface area (Å²) in [5.41, 5.74) is 1.97. The first kappa shape index (κ1) is 20.1. The Hall–Kier alpha value is -2.67. The first-order chi connectivity index (χ1) is 13.5. The molecule has 0 saturated carbocycles. The van der Waals surface area contributed by atoms with Crippen molar-refractivity contribution in [1.82, 2.24) is 4.90 Å². The highest BCUT2D eigenvalue weighted by molar-refractivity contribution is 8.15. The van der Waals surface area contributed by atoms with E-state index in [4.69, 9.17) is 0 Å². The van der Waals surface area contributed by atoms with Gasteiger partial charge >= 0.3 is 0 Å². The van der Waals surface area contributed by atoms with Crippen molar-refractivity contribution in [3.8, 4) is 0 Å². The van der Waals surface area contributed by atoms with Gasteiger partial charge in [0.15, 0.2) is 5.17 Å². The fourth-order valence-electron chi connectivity index (χ4n) is 2.89. The van der Waals surface area contributed by atoms with Crippen molar-refractivity contribution in [3.05, 3.63) is 59.9 Å². The third-order valence-electron chi connectivity index (χ3n) is 4.21. The van der Waals surface area contributed by atoms with Gasteiger partial charge in [0, 0.05) is 13.0 Å². The molecule has 3 rings (SSSR count). The van der Waals surface area contributed by atoms with Crippen molar-refractivity contribution in [2.75, 3.05) is 11.9 Å². The van der Waals surface area contributed by atoms with Crippen LogP contribution in [-0.2, 0) is 9.59 Å². The van der Waals surface area contributed by atoms with Crippen LogP contribution in [0, 0.1) is 12.7 Å². The van der Waals surface area contributed by atoms with E-state index in [1.54, 1.807) is 17.0 Å². The number of amidine groups is 1. The van der Waals surface area contributed by atoms with Crippen LogP contribution in [0.1, 0.15) is 25.3 Å². The lowest BCUT2D eigenvalue weighted by molar-refractivity contribution is -0.128. The maximum Gasteiger partial charge on any atom is 0.242 e. The van der Waals surface area contributed by atoms with Gasteiger partial charge in [0.25, 0.3) is 0 Å². The first-order valence-electron chi connectivity index (χ1n) is 9.15. The van der Waals surface area contributed by atoms with Crippen LogP contribution in [0.4, 0.5) is 15.8 Å². The normalized spacial score (nSPS) is 18.0. The summed E-state index contributed by atoms with van der Waals surface area (Å²) in [4.78, 5) is 31.4. The zero-order valence-electron chi connectivity index (χ0n) is 15.8. The molecule has 1 fully saturated rings. The molecule has 1 heterocycles. The van der Waals surface area contributed by atoms with Crippen molar-refractivity contribution in [2.45, 2.75) is 31.9 Å². The Morgan fingerprint density at radius 2 is 2.04 bits per heavy atom. The van der Waals surface area contributed by atoms with E-state index < -0.39 is 17.0 Å². The van der Waals surface area contributed by atoms with E-state index in [1.165, 1.54) is 23.9 Å². The average molecular weight is 399 g/mol. The summed E-state index contributed by atoms with van der Waals surface area (Å²) in [6, 6.07) is 13.7. The number of anilines is 1. The Kier molecular flexibility index (Phi) is 6.46. The molecule has 146 valence electrons. The molecule has 0 aliphatic carbocycles. The lowest BCUT2D eigenvalue weighted by atomic mass is 10.2. The van der Waals surface area contributed by atoms with E-state index >= 15 is 0 Å². The standard InChI is InChI=1S/C21H22FN3O2S/c1-3-11-25-20(27)18(13-19(26)24-17-10-5-4-9-16(17)22)28-21(25)23-15-8-6-7-14(2)12-15/h4-10,12,18H,3,11,13H2,1-2H3,(H,24,26). The Labute approximate surface area is 168 Å². The van der Waals surface area contributed by atoms with Crippen LogP contribution in [0.15, 0.2) is 53.5 Å². The number of nitrogens with zero attached hydrogens (tertiary/aromatic N) is 2. The zero-order valence-corrected chi connectivity index (χ0v) is 16.6. The number of rotatable bonds is 6. The number of aliphatic imine (C=N–C) groups is 1. The number of para-hydroxylation sites is 1. The van der Waals surface area contributed by atoms with Gasteiger partial charge in [-0.15, -0.1) is 0 Å². The van der Waals surface area contributed by atoms with Crippen LogP contribution >= 0.6 is 11.8 Å². The molecule has 1 aliphatic rings.